The van der Waals surface area contributed by atoms with E-state index in [9.17, 15) is 9.59 Å². The van der Waals surface area contributed by atoms with Gasteiger partial charge in [0.2, 0.25) is 11.8 Å². The second-order valence-electron chi connectivity index (χ2n) is 8.68. The monoisotopic (exact) mass is 502 g/mol. The van der Waals surface area contributed by atoms with E-state index in [-0.39, 0.29) is 23.7 Å². The summed E-state index contributed by atoms with van der Waals surface area (Å²) >= 11 is 6.01. The maximum atomic E-state index is 13.6. The van der Waals surface area contributed by atoms with Crippen molar-refractivity contribution in [3.05, 3.63) is 53.6 Å². The van der Waals surface area contributed by atoms with Crippen LogP contribution < -0.4 is 19.5 Å². The molecule has 0 radical (unpaired) electrons. The summed E-state index contributed by atoms with van der Waals surface area (Å²) in [5.41, 5.74) is 1.67. The number of benzene rings is 2. The van der Waals surface area contributed by atoms with Gasteiger partial charge in [0.25, 0.3) is 0 Å². The quantitative estimate of drug-likeness (QED) is 0.457. The first-order valence-electron chi connectivity index (χ1n) is 12.0. The molecule has 8 heteroatoms. The molecule has 0 aliphatic heterocycles. The molecule has 0 bridgehead atoms. The molecule has 35 heavy (non-hydrogen) atoms. The highest BCUT2D eigenvalue weighted by molar-refractivity contribution is 6.27. The molecule has 1 atom stereocenters. The molecule has 1 fully saturated rings. The molecule has 3 rings (SSSR count). The molecule has 0 unspecified atom stereocenters. The zero-order valence-corrected chi connectivity index (χ0v) is 21.5. The van der Waals surface area contributed by atoms with Gasteiger partial charge in [0.05, 0.1) is 21.3 Å². The minimum Gasteiger partial charge on any atom is -0.497 e. The van der Waals surface area contributed by atoms with E-state index in [1.165, 1.54) is 6.42 Å². The Bertz CT molecular complexity index is 976. The first-order valence-corrected chi connectivity index (χ1v) is 12.5. The highest BCUT2D eigenvalue weighted by Crippen LogP contribution is 2.29. The van der Waals surface area contributed by atoms with Crippen molar-refractivity contribution in [2.24, 2.45) is 0 Å². The number of ether oxygens (including phenoxy) is 3. The molecule has 7 nitrogen and oxygen atoms in total. The van der Waals surface area contributed by atoms with Gasteiger partial charge in [-0.05, 0) is 54.7 Å². The van der Waals surface area contributed by atoms with Crippen LogP contribution in [0.15, 0.2) is 42.5 Å². The third-order valence-electron chi connectivity index (χ3n) is 6.47. The van der Waals surface area contributed by atoms with Crippen LogP contribution in [0.25, 0.3) is 0 Å². The smallest absolute Gasteiger partial charge is 0.247 e. The van der Waals surface area contributed by atoms with Crippen molar-refractivity contribution in [3.63, 3.8) is 0 Å². The Morgan fingerprint density at radius 1 is 0.971 bits per heavy atom. The maximum absolute atomic E-state index is 13.6. The van der Waals surface area contributed by atoms with Gasteiger partial charge in [-0.25, -0.2) is 0 Å². The summed E-state index contributed by atoms with van der Waals surface area (Å²) in [4.78, 5) is 28.2. The lowest BCUT2D eigenvalue weighted by Crippen LogP contribution is -2.48. The Labute approximate surface area is 212 Å². The number of nitrogens with zero attached hydrogens (tertiary/aromatic N) is 1. The highest BCUT2D eigenvalue weighted by atomic mass is 35.5. The lowest BCUT2D eigenvalue weighted by atomic mass is 9.94. The van der Waals surface area contributed by atoms with Crippen molar-refractivity contribution in [2.45, 2.75) is 50.6 Å². The normalized spacial score (nSPS) is 14.6. The summed E-state index contributed by atoms with van der Waals surface area (Å²) in [6.07, 6.45) is 5.82. The molecule has 0 aromatic heterocycles. The molecule has 0 spiro atoms. The van der Waals surface area contributed by atoms with Crippen LogP contribution in [0.1, 0.15) is 49.3 Å². The van der Waals surface area contributed by atoms with Crippen LogP contribution in [0.5, 0.6) is 17.2 Å². The van der Waals surface area contributed by atoms with Crippen LogP contribution in [0, 0.1) is 0 Å². The van der Waals surface area contributed by atoms with E-state index < -0.39 is 6.04 Å². The van der Waals surface area contributed by atoms with E-state index in [0.29, 0.717) is 35.8 Å². The Hall–Kier alpha value is -2.93. The SMILES string of the molecule is COc1ccc([C@@H](C(=O)NC2CCCCC2)N(CCc2ccc(OC)c(OC)c2)C(=O)CCl)cc1. The minimum absolute atomic E-state index is 0.121. The second kappa shape index (κ2) is 13.2. The number of hydrogen-bond donors (Lipinski definition) is 1. The van der Waals surface area contributed by atoms with E-state index in [4.69, 9.17) is 25.8 Å². The van der Waals surface area contributed by atoms with Crippen LogP contribution in [-0.4, -0.2) is 56.5 Å². The zero-order chi connectivity index (χ0) is 25.2. The predicted octanol–water partition coefficient (Wildman–Crippen LogP) is 4.51. The first-order chi connectivity index (χ1) is 17.0. The number of methoxy groups -OCH3 is 3. The fourth-order valence-electron chi connectivity index (χ4n) is 4.55. The summed E-state index contributed by atoms with van der Waals surface area (Å²) in [5.74, 6) is 1.23. The summed E-state index contributed by atoms with van der Waals surface area (Å²) in [6.45, 7) is 0.315. The van der Waals surface area contributed by atoms with Crippen molar-refractivity contribution < 1.29 is 23.8 Å². The lowest BCUT2D eigenvalue weighted by molar-refractivity contribution is -0.139. The third kappa shape index (κ3) is 7.04. The van der Waals surface area contributed by atoms with Gasteiger partial charge < -0.3 is 24.4 Å². The number of hydrogen-bond acceptors (Lipinski definition) is 5. The largest absolute Gasteiger partial charge is 0.497 e. The van der Waals surface area contributed by atoms with Crippen LogP contribution in [0.2, 0.25) is 0 Å². The summed E-state index contributed by atoms with van der Waals surface area (Å²) in [7, 11) is 4.76. The van der Waals surface area contributed by atoms with Gasteiger partial charge in [-0.1, -0.05) is 37.5 Å². The maximum Gasteiger partial charge on any atom is 0.247 e. The number of alkyl halides is 1. The van der Waals surface area contributed by atoms with E-state index in [1.54, 1.807) is 38.4 Å². The van der Waals surface area contributed by atoms with E-state index in [0.717, 1.165) is 31.2 Å². The number of amides is 2. The fraction of sp³-hybridized carbons (Fsp3) is 0.481. The molecule has 2 amide bonds. The molecule has 0 heterocycles. The molecule has 1 saturated carbocycles. The van der Waals surface area contributed by atoms with Crippen molar-refractivity contribution in [3.8, 4) is 17.2 Å². The van der Waals surface area contributed by atoms with E-state index in [2.05, 4.69) is 5.32 Å². The van der Waals surface area contributed by atoms with Gasteiger partial charge in [0.15, 0.2) is 11.5 Å². The van der Waals surface area contributed by atoms with E-state index >= 15 is 0 Å². The van der Waals surface area contributed by atoms with Gasteiger partial charge in [-0.15, -0.1) is 11.6 Å². The minimum atomic E-state index is -0.797. The number of carbonyl (C=O) groups excluding carboxylic acids is 2. The molecule has 1 aliphatic carbocycles. The molecular formula is C27H35ClN2O5. The number of rotatable bonds is 11. The van der Waals surface area contributed by atoms with Crippen molar-refractivity contribution in [1.82, 2.24) is 10.2 Å². The Balaban J connectivity index is 1.88. The lowest BCUT2D eigenvalue weighted by Gasteiger charge is -2.33. The standard InChI is InChI=1S/C27H35ClN2O5/c1-33-22-12-10-20(11-13-22)26(27(32)29-21-7-5-4-6-8-21)30(25(31)18-28)16-15-19-9-14-23(34-2)24(17-19)35-3/h9-14,17,21,26H,4-8,15-16,18H2,1-3H3,(H,29,32)/t26-/m0/s1. The highest BCUT2D eigenvalue weighted by Gasteiger charge is 2.32. The fourth-order valence-corrected chi connectivity index (χ4v) is 4.70. The van der Waals surface area contributed by atoms with Crippen molar-refractivity contribution >= 4 is 23.4 Å². The van der Waals surface area contributed by atoms with Crippen LogP contribution in [0.4, 0.5) is 0 Å². The topological polar surface area (TPSA) is 77.1 Å². The third-order valence-corrected chi connectivity index (χ3v) is 6.70. The number of nitrogens with one attached hydrogen (secondary N) is 1. The van der Waals surface area contributed by atoms with Gasteiger partial charge in [0.1, 0.15) is 17.7 Å². The van der Waals surface area contributed by atoms with Crippen LogP contribution >= 0.6 is 11.6 Å². The average molecular weight is 503 g/mol. The Kier molecular flexibility index (Phi) is 10.1. The van der Waals surface area contributed by atoms with Crippen molar-refractivity contribution in [2.75, 3.05) is 33.8 Å². The van der Waals surface area contributed by atoms with Crippen LogP contribution in [0.3, 0.4) is 0 Å². The average Bonchev–Trinajstić information content (AvgIpc) is 2.91. The second-order valence-corrected chi connectivity index (χ2v) is 8.95. The number of carbonyl (C=O) groups is 2. The van der Waals surface area contributed by atoms with Gasteiger partial charge in [-0.3, -0.25) is 9.59 Å². The molecule has 2 aromatic rings. The molecular weight excluding hydrogens is 468 g/mol. The predicted molar refractivity (Wildman–Crippen MR) is 136 cm³/mol. The van der Waals surface area contributed by atoms with Gasteiger partial charge >= 0.3 is 0 Å². The number of halogens is 1. The summed E-state index contributed by atoms with van der Waals surface area (Å²) in [6, 6.07) is 12.2. The van der Waals surface area contributed by atoms with Crippen molar-refractivity contribution in [1.29, 1.82) is 0 Å². The molecule has 2 aromatic carbocycles. The summed E-state index contributed by atoms with van der Waals surface area (Å²) in [5, 5.41) is 3.19. The Morgan fingerprint density at radius 2 is 1.66 bits per heavy atom. The molecule has 1 N–H and O–H groups in total. The molecule has 1 aliphatic rings. The zero-order valence-electron chi connectivity index (χ0n) is 20.7. The molecule has 0 saturated heterocycles. The van der Waals surface area contributed by atoms with Crippen LogP contribution in [-0.2, 0) is 16.0 Å². The van der Waals surface area contributed by atoms with Gasteiger partial charge in [-0.2, -0.15) is 0 Å². The summed E-state index contributed by atoms with van der Waals surface area (Å²) < 4.78 is 16.0. The van der Waals surface area contributed by atoms with Gasteiger partial charge in [0, 0.05) is 12.6 Å². The first kappa shape index (κ1) is 26.7. The molecule has 190 valence electrons. The van der Waals surface area contributed by atoms with E-state index in [1.807, 2.05) is 30.3 Å². The Morgan fingerprint density at radius 3 is 2.26 bits per heavy atom.